The van der Waals surface area contributed by atoms with Gasteiger partial charge in [-0.25, -0.2) is 0 Å². The number of aliphatic carboxylic acids is 1. The number of carbonyl (C=O) groups excluding carboxylic acids is 1. The molecule has 0 spiro atoms. The zero-order valence-electron chi connectivity index (χ0n) is 20.2. The number of carboxylic acid groups (broad SMARTS) is 1. The van der Waals surface area contributed by atoms with Crippen LogP contribution < -0.4 is 0 Å². The van der Waals surface area contributed by atoms with Crippen LogP contribution in [0.15, 0.2) is 30.3 Å². The SMILES string of the molecule is CC(=O)OC(C)CCCCCCCCCC(CCCCCC(=O)O)OCc1ccccc1. The molecule has 0 aliphatic heterocycles. The Hall–Kier alpha value is -1.88. The fraction of sp³-hybridized carbons (Fsp3) is 0.704. The Balaban J connectivity index is 2.15. The van der Waals surface area contributed by atoms with Crippen molar-refractivity contribution in [3.63, 3.8) is 0 Å². The van der Waals surface area contributed by atoms with Crippen molar-refractivity contribution in [1.29, 1.82) is 0 Å². The fourth-order valence-corrected chi connectivity index (χ4v) is 3.95. The molecule has 32 heavy (non-hydrogen) atoms. The molecule has 0 radical (unpaired) electrons. The van der Waals surface area contributed by atoms with E-state index in [0.29, 0.717) is 6.61 Å². The summed E-state index contributed by atoms with van der Waals surface area (Å²) in [5.41, 5.74) is 1.20. The molecule has 1 aromatic carbocycles. The largest absolute Gasteiger partial charge is 0.481 e. The summed E-state index contributed by atoms with van der Waals surface area (Å²) in [6, 6.07) is 10.3. The van der Waals surface area contributed by atoms with E-state index in [0.717, 1.165) is 44.9 Å². The number of hydrogen-bond acceptors (Lipinski definition) is 4. The Kier molecular flexibility index (Phi) is 16.4. The number of unbranched alkanes of at least 4 members (excludes halogenated alkanes) is 8. The van der Waals surface area contributed by atoms with Gasteiger partial charge in [0.2, 0.25) is 0 Å². The van der Waals surface area contributed by atoms with Crippen molar-refractivity contribution in [2.24, 2.45) is 0 Å². The molecule has 5 heteroatoms. The highest BCUT2D eigenvalue weighted by atomic mass is 16.5. The van der Waals surface area contributed by atoms with E-state index < -0.39 is 5.97 Å². The van der Waals surface area contributed by atoms with Gasteiger partial charge in [-0.05, 0) is 44.6 Å². The first-order valence-electron chi connectivity index (χ1n) is 12.5. The second-order valence-electron chi connectivity index (χ2n) is 8.88. The van der Waals surface area contributed by atoms with Crippen molar-refractivity contribution in [1.82, 2.24) is 0 Å². The molecular formula is C27H44O5. The Morgan fingerprint density at radius 2 is 1.34 bits per heavy atom. The predicted molar refractivity (Wildman–Crippen MR) is 129 cm³/mol. The van der Waals surface area contributed by atoms with E-state index >= 15 is 0 Å². The number of carbonyl (C=O) groups is 2. The van der Waals surface area contributed by atoms with Gasteiger partial charge in [0.15, 0.2) is 0 Å². The molecule has 1 aromatic rings. The summed E-state index contributed by atoms with van der Waals surface area (Å²) in [6.07, 6.45) is 14.8. The van der Waals surface area contributed by atoms with Crippen molar-refractivity contribution in [3.8, 4) is 0 Å². The lowest BCUT2D eigenvalue weighted by Gasteiger charge is -2.18. The van der Waals surface area contributed by atoms with Gasteiger partial charge in [0.1, 0.15) is 0 Å². The highest BCUT2D eigenvalue weighted by Crippen LogP contribution is 2.18. The standard InChI is InChI=1S/C27H44O5/c1-23(32-24(2)28)16-10-6-4-3-5-7-13-19-26(20-14-9-15-21-27(29)30)31-22-25-17-11-8-12-18-25/h8,11-12,17-18,23,26H,3-7,9-10,13-16,19-22H2,1-2H3,(H,29,30). The first-order valence-corrected chi connectivity index (χ1v) is 12.5. The topological polar surface area (TPSA) is 72.8 Å². The van der Waals surface area contributed by atoms with E-state index in [9.17, 15) is 9.59 Å². The number of rotatable bonds is 20. The Morgan fingerprint density at radius 3 is 1.91 bits per heavy atom. The normalized spacial score (nSPS) is 12.9. The highest BCUT2D eigenvalue weighted by Gasteiger charge is 2.10. The van der Waals surface area contributed by atoms with E-state index in [2.05, 4.69) is 12.1 Å². The Bertz CT molecular complexity index is 601. The van der Waals surface area contributed by atoms with Crippen molar-refractivity contribution in [2.45, 2.75) is 123 Å². The maximum absolute atomic E-state index is 10.9. The second-order valence-corrected chi connectivity index (χ2v) is 8.88. The molecule has 2 atom stereocenters. The lowest BCUT2D eigenvalue weighted by molar-refractivity contribution is -0.145. The Morgan fingerprint density at radius 1 is 0.812 bits per heavy atom. The van der Waals surface area contributed by atoms with Crippen LogP contribution in [-0.4, -0.2) is 29.3 Å². The van der Waals surface area contributed by atoms with Gasteiger partial charge in [-0.2, -0.15) is 0 Å². The van der Waals surface area contributed by atoms with Crippen LogP contribution in [0.2, 0.25) is 0 Å². The van der Waals surface area contributed by atoms with Crippen LogP contribution in [0.3, 0.4) is 0 Å². The van der Waals surface area contributed by atoms with Crippen LogP contribution in [-0.2, 0) is 25.7 Å². The molecule has 0 aliphatic carbocycles. The fourth-order valence-electron chi connectivity index (χ4n) is 3.95. The number of benzene rings is 1. The lowest BCUT2D eigenvalue weighted by atomic mass is 10.0. The highest BCUT2D eigenvalue weighted by molar-refractivity contribution is 5.66. The van der Waals surface area contributed by atoms with Crippen LogP contribution >= 0.6 is 0 Å². The van der Waals surface area contributed by atoms with Gasteiger partial charge in [0, 0.05) is 13.3 Å². The first kappa shape index (κ1) is 28.2. The quantitative estimate of drug-likeness (QED) is 0.171. The number of hydrogen-bond donors (Lipinski definition) is 1. The van der Waals surface area contributed by atoms with E-state index in [1.54, 1.807) is 0 Å². The number of esters is 1. The van der Waals surface area contributed by atoms with Gasteiger partial charge in [-0.15, -0.1) is 0 Å². The summed E-state index contributed by atoms with van der Waals surface area (Å²) in [4.78, 5) is 21.6. The molecule has 0 fully saturated rings. The molecule has 0 saturated heterocycles. The molecular weight excluding hydrogens is 404 g/mol. The summed E-state index contributed by atoms with van der Waals surface area (Å²) in [6.45, 7) is 4.07. The lowest BCUT2D eigenvalue weighted by Crippen LogP contribution is -2.13. The summed E-state index contributed by atoms with van der Waals surface area (Å²) in [5, 5.41) is 8.78. The van der Waals surface area contributed by atoms with Crippen LogP contribution in [0.5, 0.6) is 0 Å². The Labute approximate surface area is 194 Å². The van der Waals surface area contributed by atoms with Gasteiger partial charge in [0.05, 0.1) is 18.8 Å². The van der Waals surface area contributed by atoms with Crippen LogP contribution in [0.1, 0.15) is 109 Å². The molecule has 0 bridgehead atoms. The van der Waals surface area contributed by atoms with Gasteiger partial charge in [0.25, 0.3) is 0 Å². The van der Waals surface area contributed by atoms with Crippen LogP contribution in [0.4, 0.5) is 0 Å². The molecule has 0 amide bonds. The monoisotopic (exact) mass is 448 g/mol. The average molecular weight is 449 g/mol. The molecule has 0 saturated carbocycles. The van der Waals surface area contributed by atoms with Gasteiger partial charge >= 0.3 is 11.9 Å². The van der Waals surface area contributed by atoms with Crippen molar-refractivity contribution in [3.05, 3.63) is 35.9 Å². The van der Waals surface area contributed by atoms with E-state index in [1.807, 2.05) is 25.1 Å². The van der Waals surface area contributed by atoms with Crippen molar-refractivity contribution < 1.29 is 24.2 Å². The molecule has 0 aliphatic rings. The minimum absolute atomic E-state index is 0.0319. The smallest absolute Gasteiger partial charge is 0.303 e. The minimum atomic E-state index is -0.708. The van der Waals surface area contributed by atoms with Crippen molar-refractivity contribution in [2.75, 3.05) is 0 Å². The minimum Gasteiger partial charge on any atom is -0.481 e. The van der Waals surface area contributed by atoms with Crippen molar-refractivity contribution >= 4 is 11.9 Å². The third kappa shape index (κ3) is 16.8. The third-order valence-electron chi connectivity index (χ3n) is 5.75. The van der Waals surface area contributed by atoms with Gasteiger partial charge in [-0.3, -0.25) is 9.59 Å². The van der Waals surface area contributed by atoms with E-state index in [1.165, 1.54) is 51.0 Å². The molecule has 5 nitrogen and oxygen atoms in total. The van der Waals surface area contributed by atoms with Crippen LogP contribution in [0.25, 0.3) is 0 Å². The molecule has 2 unspecified atom stereocenters. The predicted octanol–water partition coefficient (Wildman–Crippen LogP) is 7.07. The third-order valence-corrected chi connectivity index (χ3v) is 5.75. The molecule has 0 aromatic heterocycles. The zero-order chi connectivity index (χ0) is 23.4. The molecule has 0 heterocycles. The number of ether oxygens (including phenoxy) is 2. The summed E-state index contributed by atoms with van der Waals surface area (Å²) >= 11 is 0. The van der Waals surface area contributed by atoms with E-state index in [4.69, 9.17) is 14.6 Å². The van der Waals surface area contributed by atoms with Crippen LogP contribution in [0, 0.1) is 0 Å². The van der Waals surface area contributed by atoms with E-state index in [-0.39, 0.29) is 24.6 Å². The number of carboxylic acids is 1. The van der Waals surface area contributed by atoms with Gasteiger partial charge in [-0.1, -0.05) is 81.7 Å². The summed E-state index contributed by atoms with van der Waals surface area (Å²) < 4.78 is 11.4. The first-order chi connectivity index (χ1) is 15.5. The second kappa shape index (κ2) is 18.7. The summed E-state index contributed by atoms with van der Waals surface area (Å²) in [5.74, 6) is -0.899. The zero-order valence-corrected chi connectivity index (χ0v) is 20.2. The van der Waals surface area contributed by atoms with Gasteiger partial charge < -0.3 is 14.6 Å². The average Bonchev–Trinajstić information content (AvgIpc) is 2.75. The maximum Gasteiger partial charge on any atom is 0.303 e. The molecule has 182 valence electrons. The molecule has 1 N–H and O–H groups in total. The molecule has 1 rings (SSSR count). The summed E-state index contributed by atoms with van der Waals surface area (Å²) in [7, 11) is 0. The maximum atomic E-state index is 10.9.